The molecule has 0 aliphatic heterocycles. The van der Waals surface area contributed by atoms with Crippen LogP contribution in [-0.4, -0.2) is 25.2 Å². The molecule has 0 bridgehead atoms. The number of rotatable bonds is 4. The van der Waals surface area contributed by atoms with Crippen molar-refractivity contribution in [3.8, 4) is 0 Å². The van der Waals surface area contributed by atoms with Crippen LogP contribution < -0.4 is 0 Å². The number of esters is 2. The third-order valence-electron chi connectivity index (χ3n) is 0.730. The summed E-state index contributed by atoms with van der Waals surface area (Å²) in [5.41, 5.74) is 0. The van der Waals surface area contributed by atoms with Gasteiger partial charge in [-0.05, 0) is 0 Å². The van der Waals surface area contributed by atoms with E-state index in [0.717, 1.165) is 0 Å². The van der Waals surface area contributed by atoms with Gasteiger partial charge in [0.2, 0.25) is 0 Å². The molecule has 0 N–H and O–H groups in total. The highest BCUT2D eigenvalue weighted by Crippen LogP contribution is 2.01. The first kappa shape index (κ1) is 11.7. The lowest BCUT2D eigenvalue weighted by atomic mass is 10.4. The molecule has 0 unspecified atom stereocenters. The van der Waals surface area contributed by atoms with Gasteiger partial charge >= 0.3 is 25.2 Å². The molecule has 0 aromatic heterocycles. The molecule has 0 saturated carbocycles. The van der Waals surface area contributed by atoms with Gasteiger partial charge < -0.3 is 9.47 Å². The van der Waals surface area contributed by atoms with E-state index in [1.54, 1.807) is 0 Å². The number of alkyl halides is 4. The highest BCUT2D eigenvalue weighted by molar-refractivity contribution is 5.91. The van der Waals surface area contributed by atoms with Gasteiger partial charge in [-0.1, -0.05) is 0 Å². The van der Waals surface area contributed by atoms with Gasteiger partial charge in [-0.3, -0.25) is 9.59 Å². The van der Waals surface area contributed by atoms with Crippen LogP contribution in [0.4, 0.5) is 17.6 Å². The Bertz CT molecular complexity index is 173. The Morgan fingerprint density at radius 2 is 1.23 bits per heavy atom. The molecule has 0 spiro atoms. The van der Waals surface area contributed by atoms with Gasteiger partial charge in [0.15, 0.2) is 0 Å². The number of carbonyl (C=O) groups excluding carboxylic acids is 2. The van der Waals surface area contributed by atoms with E-state index >= 15 is 0 Å². The molecule has 0 fully saturated rings. The van der Waals surface area contributed by atoms with Crippen LogP contribution in [0, 0.1) is 0 Å². The molecule has 0 radical (unpaired) electrons. The highest BCUT2D eigenvalue weighted by atomic mass is 19.3. The summed E-state index contributed by atoms with van der Waals surface area (Å²) in [6.07, 6.45) is -1.27. The van der Waals surface area contributed by atoms with Crippen LogP contribution in [0.1, 0.15) is 6.42 Å². The van der Waals surface area contributed by atoms with Crippen molar-refractivity contribution in [1.29, 1.82) is 0 Å². The Labute approximate surface area is 69.4 Å². The van der Waals surface area contributed by atoms with Crippen LogP contribution in [-0.2, 0) is 19.1 Å². The fourth-order valence-corrected chi connectivity index (χ4v) is 0.400. The van der Waals surface area contributed by atoms with E-state index in [1.165, 1.54) is 0 Å². The van der Waals surface area contributed by atoms with Crippen molar-refractivity contribution in [3.05, 3.63) is 0 Å². The summed E-state index contributed by atoms with van der Waals surface area (Å²) in [5.74, 6) is -3.25. The summed E-state index contributed by atoms with van der Waals surface area (Å²) in [6, 6.07) is 0. The van der Waals surface area contributed by atoms with Gasteiger partial charge in [0, 0.05) is 0 Å². The predicted octanol–water partition coefficient (Wildman–Crippen LogP) is 0.908. The lowest BCUT2D eigenvalue weighted by Crippen LogP contribution is -2.17. The Morgan fingerprint density at radius 1 is 0.923 bits per heavy atom. The van der Waals surface area contributed by atoms with Gasteiger partial charge in [0.05, 0.1) is 0 Å². The number of hydrogen-bond donors (Lipinski definition) is 0. The molecular formula is C5H4F4O4. The first-order chi connectivity index (χ1) is 5.91. The van der Waals surface area contributed by atoms with Crippen molar-refractivity contribution >= 4 is 11.9 Å². The number of hydrogen-bond acceptors (Lipinski definition) is 4. The quantitative estimate of drug-likeness (QED) is 0.388. The van der Waals surface area contributed by atoms with Gasteiger partial charge in [0.1, 0.15) is 6.42 Å². The lowest BCUT2D eigenvalue weighted by Gasteiger charge is -2.02. The van der Waals surface area contributed by atoms with E-state index in [1.807, 2.05) is 0 Å². The second-order valence-corrected chi connectivity index (χ2v) is 1.68. The minimum Gasteiger partial charge on any atom is -0.403 e. The molecule has 0 atom stereocenters. The van der Waals surface area contributed by atoms with Crippen LogP contribution in [0.2, 0.25) is 0 Å². The standard InChI is InChI=1S/C5H4F4O4/c6-4(7)12-2(10)1-3(11)13-5(8)9/h4-5H,1H2. The van der Waals surface area contributed by atoms with E-state index in [9.17, 15) is 27.2 Å². The third kappa shape index (κ3) is 7.04. The van der Waals surface area contributed by atoms with E-state index in [-0.39, 0.29) is 0 Å². The van der Waals surface area contributed by atoms with Gasteiger partial charge in [-0.25, -0.2) is 0 Å². The average Bonchev–Trinajstić information content (AvgIpc) is 1.80. The first-order valence-electron chi connectivity index (χ1n) is 2.87. The minimum atomic E-state index is -3.38. The molecule has 0 rings (SSSR count). The largest absolute Gasteiger partial charge is 0.403 e. The molecule has 0 aromatic rings. The van der Waals surface area contributed by atoms with Gasteiger partial charge in [-0.15, -0.1) is 0 Å². The second-order valence-electron chi connectivity index (χ2n) is 1.68. The summed E-state index contributed by atoms with van der Waals surface area (Å²) in [6.45, 7) is -6.77. The fraction of sp³-hybridized carbons (Fsp3) is 0.600. The number of halogens is 4. The zero-order valence-corrected chi connectivity index (χ0v) is 6.01. The third-order valence-corrected chi connectivity index (χ3v) is 0.730. The van der Waals surface area contributed by atoms with Crippen LogP contribution >= 0.6 is 0 Å². The van der Waals surface area contributed by atoms with Crippen molar-refractivity contribution in [2.24, 2.45) is 0 Å². The van der Waals surface area contributed by atoms with E-state index in [0.29, 0.717) is 0 Å². The average molecular weight is 204 g/mol. The van der Waals surface area contributed by atoms with Crippen LogP contribution in [0.3, 0.4) is 0 Å². The Kier molecular flexibility index (Phi) is 4.78. The SMILES string of the molecule is O=C(CC(=O)OC(F)F)OC(F)F. The fourth-order valence-electron chi connectivity index (χ4n) is 0.400. The lowest BCUT2D eigenvalue weighted by molar-refractivity contribution is -0.187. The molecule has 4 nitrogen and oxygen atoms in total. The van der Waals surface area contributed by atoms with Crippen molar-refractivity contribution in [1.82, 2.24) is 0 Å². The Hall–Kier alpha value is -1.34. The van der Waals surface area contributed by atoms with Gasteiger partial charge in [0.25, 0.3) is 0 Å². The molecule has 13 heavy (non-hydrogen) atoms. The molecule has 8 heteroatoms. The van der Waals surface area contributed by atoms with E-state index in [2.05, 4.69) is 9.47 Å². The van der Waals surface area contributed by atoms with Crippen molar-refractivity contribution in [2.75, 3.05) is 0 Å². The molecule has 76 valence electrons. The summed E-state index contributed by atoms with van der Waals surface area (Å²) in [4.78, 5) is 20.4. The molecule has 0 amide bonds. The highest BCUT2D eigenvalue weighted by Gasteiger charge is 2.18. The van der Waals surface area contributed by atoms with E-state index in [4.69, 9.17) is 0 Å². The topological polar surface area (TPSA) is 52.6 Å². The Balaban J connectivity index is 3.72. The van der Waals surface area contributed by atoms with Crippen molar-refractivity contribution in [3.63, 3.8) is 0 Å². The maximum absolute atomic E-state index is 11.3. The molecule has 0 aliphatic carbocycles. The van der Waals surface area contributed by atoms with Gasteiger partial charge in [-0.2, -0.15) is 17.6 Å². The zero-order chi connectivity index (χ0) is 10.4. The normalized spacial score (nSPS) is 10.3. The van der Waals surface area contributed by atoms with Crippen molar-refractivity contribution in [2.45, 2.75) is 19.6 Å². The summed E-state index contributed by atoms with van der Waals surface area (Å²) in [7, 11) is 0. The molecule has 0 saturated heterocycles. The molecular weight excluding hydrogens is 200 g/mol. The van der Waals surface area contributed by atoms with Crippen LogP contribution in [0.5, 0.6) is 0 Å². The smallest absolute Gasteiger partial charge is 0.389 e. The second kappa shape index (κ2) is 5.33. The minimum absolute atomic E-state index is 1.27. The first-order valence-corrected chi connectivity index (χ1v) is 2.87. The molecule has 0 aliphatic rings. The Morgan fingerprint density at radius 3 is 1.46 bits per heavy atom. The zero-order valence-electron chi connectivity index (χ0n) is 6.01. The summed E-state index contributed by atoms with van der Waals surface area (Å²) in [5, 5.41) is 0. The number of carbonyl (C=O) groups is 2. The van der Waals surface area contributed by atoms with E-state index < -0.39 is 31.6 Å². The predicted molar refractivity (Wildman–Crippen MR) is 28.8 cm³/mol. The van der Waals surface area contributed by atoms with Crippen LogP contribution in [0.15, 0.2) is 0 Å². The number of ether oxygens (including phenoxy) is 2. The van der Waals surface area contributed by atoms with Crippen LogP contribution in [0.25, 0.3) is 0 Å². The molecule has 0 aromatic carbocycles. The maximum Gasteiger partial charge on any atom is 0.389 e. The monoisotopic (exact) mass is 204 g/mol. The summed E-state index contributed by atoms with van der Waals surface area (Å²) < 4.78 is 51.4. The maximum atomic E-state index is 11.3. The summed E-state index contributed by atoms with van der Waals surface area (Å²) >= 11 is 0. The molecule has 0 heterocycles. The van der Waals surface area contributed by atoms with Crippen molar-refractivity contribution < 1.29 is 36.6 Å².